The van der Waals surface area contributed by atoms with Gasteiger partial charge < -0.3 is 4.74 Å². The summed E-state index contributed by atoms with van der Waals surface area (Å²) in [5.74, 6) is 1.40. The Labute approximate surface area is 132 Å². The SMILES string of the molecule is COc1cccc(/C=N\n2c(-c3ccncc3)n[nH]c2=S)c1. The van der Waals surface area contributed by atoms with E-state index in [-0.39, 0.29) is 0 Å². The number of hydrogen-bond acceptors (Lipinski definition) is 5. The quantitative estimate of drug-likeness (QED) is 0.594. The molecule has 110 valence electrons. The van der Waals surface area contributed by atoms with E-state index in [1.54, 1.807) is 30.4 Å². The number of methoxy groups -OCH3 is 1. The molecule has 6 nitrogen and oxygen atoms in total. The first-order chi connectivity index (χ1) is 10.8. The third-order valence-corrected chi connectivity index (χ3v) is 3.27. The van der Waals surface area contributed by atoms with E-state index in [1.807, 2.05) is 36.4 Å². The van der Waals surface area contributed by atoms with Crippen molar-refractivity contribution in [2.45, 2.75) is 0 Å². The summed E-state index contributed by atoms with van der Waals surface area (Å²) in [7, 11) is 1.63. The molecule has 0 bridgehead atoms. The van der Waals surface area contributed by atoms with Crippen LogP contribution in [0.15, 0.2) is 53.9 Å². The van der Waals surface area contributed by atoms with Crippen molar-refractivity contribution in [1.29, 1.82) is 0 Å². The van der Waals surface area contributed by atoms with E-state index in [4.69, 9.17) is 17.0 Å². The molecule has 0 unspecified atom stereocenters. The van der Waals surface area contributed by atoms with Gasteiger partial charge in [0.2, 0.25) is 4.77 Å². The maximum absolute atomic E-state index is 5.23. The molecule has 0 aliphatic carbocycles. The molecule has 0 spiro atoms. The molecular formula is C15H13N5OS. The topological polar surface area (TPSA) is 68.1 Å². The van der Waals surface area contributed by atoms with Crippen molar-refractivity contribution in [3.8, 4) is 17.1 Å². The monoisotopic (exact) mass is 311 g/mol. The van der Waals surface area contributed by atoms with E-state index in [2.05, 4.69) is 20.3 Å². The lowest BCUT2D eigenvalue weighted by Crippen LogP contribution is -1.95. The number of pyridine rings is 1. The van der Waals surface area contributed by atoms with Gasteiger partial charge in [0.1, 0.15) is 5.75 Å². The Morgan fingerprint density at radius 3 is 2.86 bits per heavy atom. The second-order valence-corrected chi connectivity index (χ2v) is 4.81. The lowest BCUT2D eigenvalue weighted by atomic mass is 10.2. The number of aromatic amines is 1. The summed E-state index contributed by atoms with van der Waals surface area (Å²) in [6.07, 6.45) is 5.10. The zero-order valence-electron chi connectivity index (χ0n) is 11.8. The van der Waals surface area contributed by atoms with Gasteiger partial charge in [-0.05, 0) is 42.0 Å². The molecule has 0 fully saturated rings. The predicted octanol–water partition coefficient (Wildman–Crippen LogP) is 2.89. The van der Waals surface area contributed by atoms with E-state index in [0.29, 0.717) is 10.6 Å². The van der Waals surface area contributed by atoms with Crippen LogP contribution in [0.3, 0.4) is 0 Å². The second-order valence-electron chi connectivity index (χ2n) is 4.42. The Balaban J connectivity index is 1.97. The molecule has 3 aromatic rings. The van der Waals surface area contributed by atoms with Crippen LogP contribution >= 0.6 is 12.2 Å². The van der Waals surface area contributed by atoms with Crippen LogP contribution in [0.25, 0.3) is 11.4 Å². The highest BCUT2D eigenvalue weighted by atomic mass is 32.1. The van der Waals surface area contributed by atoms with E-state index in [9.17, 15) is 0 Å². The summed E-state index contributed by atoms with van der Waals surface area (Å²) in [4.78, 5) is 3.99. The molecule has 2 heterocycles. The lowest BCUT2D eigenvalue weighted by molar-refractivity contribution is 0.415. The van der Waals surface area contributed by atoms with Gasteiger partial charge in [-0.15, -0.1) is 0 Å². The van der Waals surface area contributed by atoms with Crippen LogP contribution in [0.5, 0.6) is 5.75 Å². The smallest absolute Gasteiger partial charge is 0.216 e. The van der Waals surface area contributed by atoms with Crippen LogP contribution in [0.4, 0.5) is 0 Å². The second kappa shape index (κ2) is 6.31. The van der Waals surface area contributed by atoms with Crippen LogP contribution < -0.4 is 4.74 Å². The summed E-state index contributed by atoms with van der Waals surface area (Å²) in [5.41, 5.74) is 1.79. The molecule has 2 aromatic heterocycles. The molecule has 0 aliphatic rings. The minimum atomic E-state index is 0.422. The standard InChI is InChI=1S/C15H13N5OS/c1-21-13-4-2-3-11(9-13)10-17-20-14(18-19-15(20)22)12-5-7-16-8-6-12/h2-10H,1H3,(H,19,22)/b17-10-. The highest BCUT2D eigenvalue weighted by molar-refractivity contribution is 7.71. The largest absolute Gasteiger partial charge is 0.497 e. The first-order valence-corrected chi connectivity index (χ1v) is 6.95. The normalized spacial score (nSPS) is 11.0. The molecule has 0 aliphatic heterocycles. The van der Waals surface area contributed by atoms with Gasteiger partial charge in [-0.3, -0.25) is 4.98 Å². The molecule has 0 saturated carbocycles. The fourth-order valence-electron chi connectivity index (χ4n) is 1.93. The number of benzene rings is 1. The molecule has 0 radical (unpaired) electrons. The lowest BCUT2D eigenvalue weighted by Gasteiger charge is -2.01. The van der Waals surface area contributed by atoms with Gasteiger partial charge in [0, 0.05) is 18.0 Å². The molecule has 1 aromatic carbocycles. The average molecular weight is 311 g/mol. The number of ether oxygens (including phenoxy) is 1. The molecule has 0 atom stereocenters. The van der Waals surface area contributed by atoms with Crippen molar-refractivity contribution in [3.63, 3.8) is 0 Å². The van der Waals surface area contributed by atoms with Crippen LogP contribution in [0.2, 0.25) is 0 Å². The fourth-order valence-corrected chi connectivity index (χ4v) is 2.11. The number of hydrogen-bond donors (Lipinski definition) is 1. The first-order valence-electron chi connectivity index (χ1n) is 6.54. The third kappa shape index (κ3) is 2.94. The number of nitrogens with one attached hydrogen (secondary N) is 1. The molecule has 1 N–H and O–H groups in total. The Morgan fingerprint density at radius 2 is 2.09 bits per heavy atom. The van der Waals surface area contributed by atoms with Crippen molar-refractivity contribution in [2.24, 2.45) is 5.10 Å². The van der Waals surface area contributed by atoms with Gasteiger partial charge in [0.05, 0.1) is 13.3 Å². The van der Waals surface area contributed by atoms with Crippen LogP contribution in [0, 0.1) is 4.77 Å². The summed E-state index contributed by atoms with van der Waals surface area (Å²) < 4.78 is 7.19. The summed E-state index contributed by atoms with van der Waals surface area (Å²) in [6, 6.07) is 11.3. The van der Waals surface area contributed by atoms with Crippen molar-refractivity contribution in [2.75, 3.05) is 7.11 Å². The number of rotatable bonds is 4. The Morgan fingerprint density at radius 1 is 1.27 bits per heavy atom. The average Bonchev–Trinajstić information content (AvgIpc) is 2.95. The maximum Gasteiger partial charge on any atom is 0.216 e. The molecule has 0 amide bonds. The van der Waals surface area contributed by atoms with Crippen LogP contribution in [0.1, 0.15) is 5.56 Å². The first kappa shape index (κ1) is 14.2. The van der Waals surface area contributed by atoms with Crippen LogP contribution in [-0.4, -0.2) is 33.2 Å². The fraction of sp³-hybridized carbons (Fsp3) is 0.0667. The molecule has 3 rings (SSSR count). The van der Waals surface area contributed by atoms with E-state index < -0.39 is 0 Å². The van der Waals surface area contributed by atoms with Crippen molar-refractivity contribution < 1.29 is 4.74 Å². The van der Waals surface area contributed by atoms with Crippen molar-refractivity contribution in [3.05, 3.63) is 59.1 Å². The number of H-pyrrole nitrogens is 1. The molecular weight excluding hydrogens is 298 g/mol. The minimum absolute atomic E-state index is 0.422. The Kier molecular flexibility index (Phi) is 4.06. The van der Waals surface area contributed by atoms with Gasteiger partial charge in [0.15, 0.2) is 5.82 Å². The van der Waals surface area contributed by atoms with Gasteiger partial charge >= 0.3 is 0 Å². The van der Waals surface area contributed by atoms with E-state index >= 15 is 0 Å². The van der Waals surface area contributed by atoms with Gasteiger partial charge in [-0.2, -0.15) is 14.9 Å². The maximum atomic E-state index is 5.23. The van der Waals surface area contributed by atoms with Gasteiger partial charge in [-0.1, -0.05) is 12.1 Å². The van der Waals surface area contributed by atoms with Crippen molar-refractivity contribution >= 4 is 18.4 Å². The zero-order valence-corrected chi connectivity index (χ0v) is 12.6. The van der Waals surface area contributed by atoms with E-state index in [1.165, 1.54) is 0 Å². The van der Waals surface area contributed by atoms with Gasteiger partial charge in [-0.25, -0.2) is 5.10 Å². The minimum Gasteiger partial charge on any atom is -0.497 e. The summed E-state index contributed by atoms with van der Waals surface area (Å²) >= 11 is 5.23. The Bertz CT molecular complexity index is 854. The molecule has 22 heavy (non-hydrogen) atoms. The number of nitrogens with zero attached hydrogens (tertiary/aromatic N) is 4. The highest BCUT2D eigenvalue weighted by Crippen LogP contribution is 2.16. The summed E-state index contributed by atoms with van der Waals surface area (Å²) in [6.45, 7) is 0. The van der Waals surface area contributed by atoms with Crippen molar-refractivity contribution in [1.82, 2.24) is 19.9 Å². The predicted molar refractivity (Wildman–Crippen MR) is 86.6 cm³/mol. The molecule has 0 saturated heterocycles. The van der Waals surface area contributed by atoms with Crippen LogP contribution in [-0.2, 0) is 0 Å². The highest BCUT2D eigenvalue weighted by Gasteiger charge is 2.07. The zero-order chi connectivity index (χ0) is 15.4. The third-order valence-electron chi connectivity index (χ3n) is 3.01. The van der Waals surface area contributed by atoms with E-state index in [0.717, 1.165) is 16.9 Å². The Hall–Kier alpha value is -2.80. The summed E-state index contributed by atoms with van der Waals surface area (Å²) in [5, 5.41) is 11.4. The molecule has 7 heteroatoms. The van der Waals surface area contributed by atoms with Gasteiger partial charge in [0.25, 0.3) is 0 Å². The number of aromatic nitrogens is 4.